The molecule has 38 heavy (non-hydrogen) atoms. The molecule has 0 aliphatic heterocycles. The number of hydrogen-bond donors (Lipinski definition) is 3. The van der Waals surface area contributed by atoms with Gasteiger partial charge in [0.05, 0.1) is 22.8 Å². The molecular formula is C22H22ClF3N8O3S. The van der Waals surface area contributed by atoms with Gasteiger partial charge in [-0.05, 0) is 26.8 Å². The van der Waals surface area contributed by atoms with Crippen molar-refractivity contribution in [2.45, 2.75) is 38.5 Å². The lowest BCUT2D eigenvalue weighted by molar-refractivity contribution is -0.137. The Balaban J connectivity index is 1.68. The van der Waals surface area contributed by atoms with E-state index in [1.165, 1.54) is 17.2 Å². The van der Waals surface area contributed by atoms with Gasteiger partial charge in [0.25, 0.3) is 11.8 Å². The molecular weight excluding hydrogens is 549 g/mol. The van der Waals surface area contributed by atoms with Crippen LogP contribution >= 0.6 is 22.9 Å². The monoisotopic (exact) mass is 570 g/mol. The van der Waals surface area contributed by atoms with Crippen molar-refractivity contribution < 1.29 is 27.6 Å². The predicted octanol–water partition coefficient (Wildman–Crippen LogP) is 3.44. The first-order chi connectivity index (χ1) is 17.7. The van der Waals surface area contributed by atoms with Crippen LogP contribution in [0.2, 0.25) is 5.02 Å². The number of rotatable bonds is 9. The summed E-state index contributed by atoms with van der Waals surface area (Å²) in [4.78, 5) is 53.8. The number of thiazole rings is 1. The smallest absolute Gasteiger partial charge is 0.342 e. The van der Waals surface area contributed by atoms with Crippen molar-refractivity contribution >= 4 is 52.8 Å². The van der Waals surface area contributed by atoms with Crippen molar-refractivity contribution in [1.82, 2.24) is 25.3 Å². The number of halogens is 4. The number of nitrogens with zero attached hydrogens (tertiary/aromatic N) is 5. The van der Waals surface area contributed by atoms with Gasteiger partial charge < -0.3 is 16.4 Å². The number of nitrogens with two attached hydrogens (primary N) is 1. The van der Waals surface area contributed by atoms with Gasteiger partial charge in [0, 0.05) is 24.3 Å². The highest BCUT2D eigenvalue weighted by Gasteiger charge is 2.34. The molecule has 0 spiro atoms. The molecule has 0 aliphatic carbocycles. The second kappa shape index (κ2) is 11.4. The minimum atomic E-state index is -4.72. The number of alkyl halides is 3. The fourth-order valence-electron chi connectivity index (χ4n) is 3.07. The average Bonchev–Trinajstić information content (AvgIpc) is 3.33. The zero-order valence-electron chi connectivity index (χ0n) is 20.2. The normalized spacial score (nSPS) is 12.5. The second-order valence-electron chi connectivity index (χ2n) is 8.74. The molecule has 4 N–H and O–H groups in total. The molecule has 11 nitrogen and oxygen atoms in total. The van der Waals surface area contributed by atoms with Crippen LogP contribution in [0.3, 0.4) is 0 Å². The van der Waals surface area contributed by atoms with E-state index in [9.17, 15) is 27.6 Å². The summed E-state index contributed by atoms with van der Waals surface area (Å²) < 4.78 is 39.2. The van der Waals surface area contributed by atoms with Gasteiger partial charge in [-0.3, -0.25) is 19.3 Å². The molecule has 0 saturated heterocycles. The molecule has 3 rings (SSSR count). The SMILES string of the molecule is CC(NC(=O)c1cc(N(C=O)CC(C)(C)N)ncn1)c1ncc(C(=O)Nc2cc(C(F)(F)F)c(Cl)cn2)s1. The molecule has 3 amide bonds. The molecule has 3 aromatic heterocycles. The van der Waals surface area contributed by atoms with Crippen molar-refractivity contribution in [3.05, 3.63) is 57.0 Å². The predicted molar refractivity (Wildman–Crippen MR) is 134 cm³/mol. The van der Waals surface area contributed by atoms with E-state index in [4.69, 9.17) is 17.3 Å². The Morgan fingerprint density at radius 2 is 1.87 bits per heavy atom. The van der Waals surface area contributed by atoms with Gasteiger partial charge in [-0.15, -0.1) is 11.3 Å². The Kier molecular flexibility index (Phi) is 8.64. The van der Waals surface area contributed by atoms with Gasteiger partial charge in [-0.1, -0.05) is 11.6 Å². The molecule has 0 radical (unpaired) electrons. The van der Waals surface area contributed by atoms with Gasteiger partial charge in [-0.2, -0.15) is 13.2 Å². The highest BCUT2D eigenvalue weighted by molar-refractivity contribution is 7.13. The molecule has 0 bridgehead atoms. The van der Waals surface area contributed by atoms with Crippen LogP contribution in [0.1, 0.15) is 57.5 Å². The van der Waals surface area contributed by atoms with E-state index < -0.39 is 40.2 Å². The van der Waals surface area contributed by atoms with E-state index in [0.717, 1.165) is 23.9 Å². The molecule has 16 heteroatoms. The quantitative estimate of drug-likeness (QED) is 0.330. The fourth-order valence-corrected chi connectivity index (χ4v) is 4.09. The molecule has 0 aliphatic rings. The number of aromatic nitrogens is 4. The van der Waals surface area contributed by atoms with Crippen molar-refractivity contribution in [2.75, 3.05) is 16.8 Å². The summed E-state index contributed by atoms with van der Waals surface area (Å²) in [6, 6.07) is 1.29. The average molecular weight is 571 g/mol. The third-order valence-corrected chi connectivity index (χ3v) is 6.23. The van der Waals surface area contributed by atoms with E-state index in [1.54, 1.807) is 20.8 Å². The summed E-state index contributed by atoms with van der Waals surface area (Å²) >= 11 is 6.47. The summed E-state index contributed by atoms with van der Waals surface area (Å²) in [5.74, 6) is -1.49. The molecule has 3 heterocycles. The van der Waals surface area contributed by atoms with Crippen molar-refractivity contribution in [3.8, 4) is 0 Å². The minimum Gasteiger partial charge on any atom is -0.342 e. The molecule has 0 aromatic carbocycles. The molecule has 3 aromatic rings. The van der Waals surface area contributed by atoms with E-state index >= 15 is 0 Å². The number of anilines is 2. The van der Waals surface area contributed by atoms with Crippen molar-refractivity contribution in [3.63, 3.8) is 0 Å². The molecule has 1 atom stereocenters. The van der Waals surface area contributed by atoms with Gasteiger partial charge in [0.1, 0.15) is 33.5 Å². The highest BCUT2D eigenvalue weighted by atomic mass is 35.5. The maximum Gasteiger partial charge on any atom is 0.418 e. The van der Waals surface area contributed by atoms with E-state index in [0.29, 0.717) is 17.5 Å². The number of carbonyl (C=O) groups is 3. The first-order valence-electron chi connectivity index (χ1n) is 10.8. The van der Waals surface area contributed by atoms with Crippen molar-refractivity contribution in [2.24, 2.45) is 5.73 Å². The zero-order chi connectivity index (χ0) is 28.3. The standard InChI is InChI=1S/C22H22ClF3N8O3S/c1-11(32-18(36)14-5-17(31-9-30-14)34(10-35)8-21(2,3)27)20-29-7-15(38-20)19(37)33-16-4-12(22(24,25)26)13(23)6-28-16/h4-7,9-11H,8,27H2,1-3H3,(H,32,36)(H,28,33,37). The van der Waals surface area contributed by atoms with Crippen LogP contribution in [0.5, 0.6) is 0 Å². The molecule has 0 fully saturated rings. The number of pyridine rings is 1. The van der Waals surface area contributed by atoms with Gasteiger partial charge in [0.2, 0.25) is 6.41 Å². The van der Waals surface area contributed by atoms with E-state index in [1.807, 2.05) is 0 Å². The van der Waals surface area contributed by atoms with Crippen LogP contribution in [0.15, 0.2) is 30.9 Å². The third kappa shape index (κ3) is 7.43. The summed E-state index contributed by atoms with van der Waals surface area (Å²) in [7, 11) is 0. The summed E-state index contributed by atoms with van der Waals surface area (Å²) in [5.41, 5.74) is 4.10. The number of nitrogens with one attached hydrogen (secondary N) is 2. The number of hydrogen-bond acceptors (Lipinski definition) is 9. The van der Waals surface area contributed by atoms with Crippen LogP contribution < -0.4 is 21.3 Å². The minimum absolute atomic E-state index is 0.0210. The summed E-state index contributed by atoms with van der Waals surface area (Å²) in [6.45, 7) is 5.23. The van der Waals surface area contributed by atoms with Gasteiger partial charge in [-0.25, -0.2) is 19.9 Å². The third-order valence-electron chi connectivity index (χ3n) is 4.75. The first kappa shape index (κ1) is 28.9. The second-order valence-corrected chi connectivity index (χ2v) is 10.2. The lowest BCUT2D eigenvalue weighted by Gasteiger charge is -2.25. The van der Waals surface area contributed by atoms with E-state index in [-0.39, 0.29) is 28.8 Å². The Morgan fingerprint density at radius 1 is 1.16 bits per heavy atom. The summed E-state index contributed by atoms with van der Waals surface area (Å²) in [5, 5.41) is 4.70. The molecule has 1 unspecified atom stereocenters. The maximum absolute atomic E-state index is 13.1. The lowest BCUT2D eigenvalue weighted by atomic mass is 10.1. The van der Waals surface area contributed by atoms with Crippen LogP contribution in [0.4, 0.5) is 24.8 Å². The van der Waals surface area contributed by atoms with Crippen LogP contribution in [0.25, 0.3) is 0 Å². The van der Waals surface area contributed by atoms with Crippen LogP contribution in [0, 0.1) is 0 Å². The number of carbonyl (C=O) groups excluding carboxylic acids is 3. The van der Waals surface area contributed by atoms with Crippen molar-refractivity contribution in [1.29, 1.82) is 0 Å². The lowest BCUT2D eigenvalue weighted by Crippen LogP contribution is -2.45. The Morgan fingerprint density at radius 3 is 2.50 bits per heavy atom. The topological polar surface area (TPSA) is 156 Å². The molecule has 202 valence electrons. The Bertz CT molecular complexity index is 1350. The maximum atomic E-state index is 13.1. The number of amides is 3. The van der Waals surface area contributed by atoms with Crippen LogP contribution in [-0.2, 0) is 11.0 Å². The zero-order valence-corrected chi connectivity index (χ0v) is 21.8. The Hall–Kier alpha value is -3.69. The van der Waals surface area contributed by atoms with E-state index in [2.05, 4.69) is 30.6 Å². The highest BCUT2D eigenvalue weighted by Crippen LogP contribution is 2.35. The van der Waals surface area contributed by atoms with Gasteiger partial charge >= 0.3 is 6.18 Å². The van der Waals surface area contributed by atoms with Gasteiger partial charge in [0.15, 0.2) is 0 Å². The van der Waals surface area contributed by atoms with Crippen LogP contribution in [-0.4, -0.2) is 50.2 Å². The molecule has 0 saturated carbocycles. The Labute approximate surface area is 223 Å². The summed E-state index contributed by atoms with van der Waals surface area (Å²) in [6.07, 6.45) is -1.03. The first-order valence-corrected chi connectivity index (χ1v) is 12.0. The fraction of sp³-hybridized carbons (Fsp3) is 0.318. The largest absolute Gasteiger partial charge is 0.418 e.